The highest BCUT2D eigenvalue weighted by atomic mass is 16.1. The van der Waals surface area contributed by atoms with E-state index in [0.717, 1.165) is 24.0 Å². The normalized spacial score (nSPS) is 12.5. The lowest BCUT2D eigenvalue weighted by molar-refractivity contribution is 0.0936. The quantitative estimate of drug-likeness (QED) is 0.812. The van der Waals surface area contributed by atoms with Crippen LogP contribution in [0.2, 0.25) is 0 Å². The Morgan fingerprint density at radius 2 is 2.06 bits per heavy atom. The summed E-state index contributed by atoms with van der Waals surface area (Å²) in [5.41, 5.74) is 7.35. The van der Waals surface area contributed by atoms with Gasteiger partial charge in [0.25, 0.3) is 5.91 Å². The Kier molecular flexibility index (Phi) is 5.86. The summed E-state index contributed by atoms with van der Waals surface area (Å²) < 4.78 is 0. The Hall–Kier alpha value is -1.35. The zero-order valence-electron chi connectivity index (χ0n) is 11.6. The molecule has 0 saturated carbocycles. The van der Waals surface area contributed by atoms with E-state index in [1.54, 1.807) is 0 Å². The Balaban J connectivity index is 2.63. The summed E-state index contributed by atoms with van der Waals surface area (Å²) in [4.78, 5) is 12.1. The predicted octanol–water partition coefficient (Wildman–Crippen LogP) is 2.35. The minimum absolute atomic E-state index is 0.00187. The molecule has 0 aliphatic rings. The molecule has 1 aromatic carbocycles. The van der Waals surface area contributed by atoms with Crippen LogP contribution in [0.3, 0.4) is 0 Å². The molecule has 3 N–H and O–H groups in total. The number of rotatable bonds is 6. The highest BCUT2D eigenvalue weighted by Gasteiger charge is 2.11. The van der Waals surface area contributed by atoms with Gasteiger partial charge in [0, 0.05) is 11.6 Å². The Labute approximate surface area is 110 Å². The van der Waals surface area contributed by atoms with Crippen LogP contribution < -0.4 is 11.1 Å². The molecule has 0 fully saturated rings. The van der Waals surface area contributed by atoms with Crippen molar-refractivity contribution in [3.63, 3.8) is 0 Å². The molecule has 100 valence electrons. The molecular weight excluding hydrogens is 224 g/mol. The number of nitrogens with two attached hydrogens (primary N) is 1. The van der Waals surface area contributed by atoms with Gasteiger partial charge in [0.1, 0.15) is 0 Å². The number of hydrogen-bond acceptors (Lipinski definition) is 2. The zero-order chi connectivity index (χ0) is 13.5. The van der Waals surface area contributed by atoms with Crippen LogP contribution in [0.1, 0.15) is 43.1 Å². The first-order valence-electron chi connectivity index (χ1n) is 6.62. The third-order valence-corrected chi connectivity index (χ3v) is 2.82. The minimum Gasteiger partial charge on any atom is -0.350 e. The second-order valence-corrected chi connectivity index (χ2v) is 5.24. The van der Waals surface area contributed by atoms with Gasteiger partial charge in [0.15, 0.2) is 0 Å². The molecule has 0 saturated heterocycles. The fourth-order valence-electron chi connectivity index (χ4n) is 2.11. The topological polar surface area (TPSA) is 55.1 Å². The van der Waals surface area contributed by atoms with E-state index >= 15 is 0 Å². The van der Waals surface area contributed by atoms with Crippen LogP contribution in [0.15, 0.2) is 24.3 Å². The van der Waals surface area contributed by atoms with E-state index in [1.165, 1.54) is 0 Å². The molecule has 0 spiro atoms. The van der Waals surface area contributed by atoms with E-state index < -0.39 is 0 Å². The van der Waals surface area contributed by atoms with E-state index in [9.17, 15) is 4.79 Å². The standard InChI is InChI=1S/C15H24N2O/c1-11(2)9-12(3)17-15(18)14-6-4-5-13(10-14)7-8-16/h4-6,10-12H,7-9,16H2,1-3H3,(H,17,18). The summed E-state index contributed by atoms with van der Waals surface area (Å²) in [5, 5.41) is 3.03. The van der Waals surface area contributed by atoms with Crippen molar-refractivity contribution in [2.75, 3.05) is 6.54 Å². The van der Waals surface area contributed by atoms with Crippen molar-refractivity contribution in [3.05, 3.63) is 35.4 Å². The van der Waals surface area contributed by atoms with Crippen LogP contribution in [0.4, 0.5) is 0 Å². The molecule has 0 aliphatic heterocycles. The van der Waals surface area contributed by atoms with Crippen LogP contribution in [0, 0.1) is 5.92 Å². The lowest BCUT2D eigenvalue weighted by atomic mass is 10.0. The first-order chi connectivity index (χ1) is 8.52. The molecule has 1 rings (SSSR count). The summed E-state index contributed by atoms with van der Waals surface area (Å²) in [5.74, 6) is 0.589. The van der Waals surface area contributed by atoms with Crippen molar-refractivity contribution in [1.29, 1.82) is 0 Å². The van der Waals surface area contributed by atoms with E-state index in [1.807, 2.05) is 31.2 Å². The maximum Gasteiger partial charge on any atom is 0.251 e. The number of carbonyl (C=O) groups excluding carboxylic acids is 1. The maximum absolute atomic E-state index is 12.1. The Morgan fingerprint density at radius 3 is 2.67 bits per heavy atom. The Morgan fingerprint density at radius 1 is 1.33 bits per heavy atom. The van der Waals surface area contributed by atoms with Gasteiger partial charge in [-0.25, -0.2) is 0 Å². The molecule has 1 atom stereocenters. The molecule has 0 aromatic heterocycles. The van der Waals surface area contributed by atoms with Gasteiger partial charge in [-0.2, -0.15) is 0 Å². The number of nitrogens with one attached hydrogen (secondary N) is 1. The van der Waals surface area contributed by atoms with Crippen LogP contribution in [0.5, 0.6) is 0 Å². The van der Waals surface area contributed by atoms with E-state index in [0.29, 0.717) is 12.5 Å². The lowest BCUT2D eigenvalue weighted by Gasteiger charge is -2.16. The summed E-state index contributed by atoms with van der Waals surface area (Å²) in [6.45, 7) is 6.96. The summed E-state index contributed by atoms with van der Waals surface area (Å²) in [7, 11) is 0. The van der Waals surface area contributed by atoms with Gasteiger partial charge >= 0.3 is 0 Å². The molecular formula is C15H24N2O. The van der Waals surface area contributed by atoms with Gasteiger partial charge in [-0.05, 0) is 49.9 Å². The van der Waals surface area contributed by atoms with E-state index in [4.69, 9.17) is 5.73 Å². The molecule has 1 amide bonds. The molecule has 1 unspecified atom stereocenters. The van der Waals surface area contributed by atoms with Crippen molar-refractivity contribution in [2.24, 2.45) is 11.7 Å². The molecule has 0 aliphatic carbocycles. The van der Waals surface area contributed by atoms with Gasteiger partial charge < -0.3 is 11.1 Å². The number of hydrogen-bond donors (Lipinski definition) is 2. The number of amides is 1. The molecule has 0 bridgehead atoms. The van der Waals surface area contributed by atoms with Crippen molar-refractivity contribution in [2.45, 2.75) is 39.7 Å². The third-order valence-electron chi connectivity index (χ3n) is 2.82. The van der Waals surface area contributed by atoms with Gasteiger partial charge in [0.05, 0.1) is 0 Å². The van der Waals surface area contributed by atoms with Crippen molar-refractivity contribution in [1.82, 2.24) is 5.32 Å². The van der Waals surface area contributed by atoms with E-state index in [-0.39, 0.29) is 11.9 Å². The number of benzene rings is 1. The third kappa shape index (κ3) is 4.88. The van der Waals surface area contributed by atoms with Crippen molar-refractivity contribution < 1.29 is 4.79 Å². The Bertz CT molecular complexity index is 388. The second-order valence-electron chi connectivity index (χ2n) is 5.24. The van der Waals surface area contributed by atoms with Gasteiger partial charge in [0.2, 0.25) is 0 Å². The summed E-state index contributed by atoms with van der Waals surface area (Å²) >= 11 is 0. The second kappa shape index (κ2) is 7.17. The summed E-state index contributed by atoms with van der Waals surface area (Å²) in [6.07, 6.45) is 1.80. The molecule has 3 heteroatoms. The number of carbonyl (C=O) groups is 1. The first-order valence-corrected chi connectivity index (χ1v) is 6.62. The lowest BCUT2D eigenvalue weighted by Crippen LogP contribution is -2.33. The van der Waals surface area contributed by atoms with Crippen molar-refractivity contribution in [3.8, 4) is 0 Å². The first kappa shape index (κ1) is 14.7. The molecule has 0 radical (unpaired) electrons. The van der Waals surface area contributed by atoms with Crippen LogP contribution in [-0.4, -0.2) is 18.5 Å². The van der Waals surface area contributed by atoms with Gasteiger partial charge in [-0.1, -0.05) is 26.0 Å². The average molecular weight is 248 g/mol. The smallest absolute Gasteiger partial charge is 0.251 e. The van der Waals surface area contributed by atoms with Crippen molar-refractivity contribution >= 4 is 5.91 Å². The molecule has 0 heterocycles. The van der Waals surface area contributed by atoms with Crippen LogP contribution >= 0.6 is 0 Å². The predicted molar refractivity (Wildman–Crippen MR) is 75.6 cm³/mol. The van der Waals surface area contributed by atoms with E-state index in [2.05, 4.69) is 19.2 Å². The zero-order valence-corrected chi connectivity index (χ0v) is 11.6. The largest absolute Gasteiger partial charge is 0.350 e. The maximum atomic E-state index is 12.1. The van der Waals surface area contributed by atoms with Crippen LogP contribution in [0.25, 0.3) is 0 Å². The molecule has 18 heavy (non-hydrogen) atoms. The highest BCUT2D eigenvalue weighted by molar-refractivity contribution is 5.94. The summed E-state index contributed by atoms with van der Waals surface area (Å²) in [6, 6.07) is 7.88. The SMILES string of the molecule is CC(C)CC(C)NC(=O)c1cccc(CCN)c1. The van der Waals surface area contributed by atoms with Crippen LogP contribution in [-0.2, 0) is 6.42 Å². The molecule has 3 nitrogen and oxygen atoms in total. The fraction of sp³-hybridized carbons (Fsp3) is 0.533. The monoisotopic (exact) mass is 248 g/mol. The minimum atomic E-state index is 0.00187. The fourth-order valence-corrected chi connectivity index (χ4v) is 2.11. The highest BCUT2D eigenvalue weighted by Crippen LogP contribution is 2.08. The molecule has 1 aromatic rings. The average Bonchev–Trinajstić information content (AvgIpc) is 2.28. The van der Waals surface area contributed by atoms with Gasteiger partial charge in [-0.15, -0.1) is 0 Å². The van der Waals surface area contributed by atoms with Gasteiger partial charge in [-0.3, -0.25) is 4.79 Å².